The highest BCUT2D eigenvalue weighted by Crippen LogP contribution is 2.40. The number of rotatable bonds is 17. The first-order valence-electron chi connectivity index (χ1n) is 33.9. The highest BCUT2D eigenvalue weighted by molar-refractivity contribution is 5.78. The number of phenolic OH excluding ortho intramolecular Hbond substituents is 18. The van der Waals surface area contributed by atoms with E-state index < -0.39 is 17.2 Å². The van der Waals surface area contributed by atoms with Crippen LogP contribution in [0.3, 0.4) is 0 Å². The Morgan fingerprint density at radius 1 is 0.177 bits per heavy atom. The molecule has 12 aromatic rings. The number of hydrogen-bond acceptors (Lipinski definition) is 23. The molecular formula is C90H84O23. The fraction of sp³-hybridized carbons (Fsp3) is 0.0667. The number of benzene rings is 12. The third-order valence-corrected chi connectivity index (χ3v) is 15.5. The Bertz CT molecular complexity index is 5100. The maximum Gasteiger partial charge on any atom is 0.203 e. The molecule has 0 heterocycles. The second-order valence-corrected chi connectivity index (χ2v) is 24.4. The van der Waals surface area contributed by atoms with Gasteiger partial charge in [0.15, 0.2) is 51.7 Å². The van der Waals surface area contributed by atoms with Crippen LogP contribution in [0.4, 0.5) is 0 Å². The van der Waals surface area contributed by atoms with Crippen molar-refractivity contribution in [2.24, 2.45) is 0 Å². The molecule has 0 radical (unpaired) electrons. The van der Waals surface area contributed by atoms with Crippen LogP contribution in [0.2, 0.25) is 0 Å². The molecule has 0 aliphatic heterocycles. The molecule has 0 aliphatic carbocycles. The number of hydrogen-bond donors (Lipinski definition) is 18. The van der Waals surface area contributed by atoms with Gasteiger partial charge in [-0.3, -0.25) is 0 Å². The Hall–Kier alpha value is -15.5. The normalized spacial score (nSPS) is 10.8. The van der Waals surface area contributed by atoms with Crippen molar-refractivity contribution in [3.05, 3.63) is 291 Å². The molecule has 12 rings (SSSR count). The van der Waals surface area contributed by atoms with E-state index in [1.807, 2.05) is 79.8 Å². The van der Waals surface area contributed by atoms with Crippen molar-refractivity contribution in [1.82, 2.24) is 0 Å². The summed E-state index contributed by atoms with van der Waals surface area (Å²) in [5.74, 6) is 1.39. The molecule has 0 fully saturated rings. The van der Waals surface area contributed by atoms with E-state index in [4.69, 9.17) is 33.9 Å². The monoisotopic (exact) mass is 1530 g/mol. The van der Waals surface area contributed by atoms with Crippen LogP contribution in [0.1, 0.15) is 72.3 Å². The van der Waals surface area contributed by atoms with E-state index in [0.717, 1.165) is 27.8 Å². The van der Waals surface area contributed by atoms with Crippen molar-refractivity contribution in [2.75, 3.05) is 35.5 Å². The lowest BCUT2D eigenvalue weighted by atomic mass is 10.1. The largest absolute Gasteiger partial charge is 0.508 e. The van der Waals surface area contributed by atoms with Gasteiger partial charge in [-0.1, -0.05) is 127 Å². The Morgan fingerprint density at radius 2 is 0.407 bits per heavy atom. The molecule has 0 unspecified atom stereocenters. The van der Waals surface area contributed by atoms with E-state index in [9.17, 15) is 81.7 Å². The zero-order chi connectivity index (χ0) is 82.3. The molecule has 23 heteroatoms. The van der Waals surface area contributed by atoms with E-state index in [1.54, 1.807) is 169 Å². The predicted octanol–water partition coefficient (Wildman–Crippen LogP) is 18.2. The van der Waals surface area contributed by atoms with Gasteiger partial charge in [0, 0.05) is 36.4 Å². The van der Waals surface area contributed by atoms with Crippen LogP contribution in [-0.2, 0) is 0 Å². The van der Waals surface area contributed by atoms with Crippen molar-refractivity contribution in [1.29, 1.82) is 0 Å². The Balaban J connectivity index is 0.000000188. The van der Waals surface area contributed by atoms with Gasteiger partial charge in [0.25, 0.3) is 0 Å². The molecule has 0 aliphatic rings. The van der Waals surface area contributed by atoms with Crippen LogP contribution in [0, 0.1) is 6.92 Å². The minimum atomic E-state index is -0.577. The summed E-state index contributed by atoms with van der Waals surface area (Å²) in [4.78, 5) is 0. The van der Waals surface area contributed by atoms with Gasteiger partial charge >= 0.3 is 0 Å². The van der Waals surface area contributed by atoms with E-state index in [-0.39, 0.29) is 86.2 Å². The quantitative estimate of drug-likeness (QED) is 0.0297. The molecule has 0 aromatic heterocycles. The molecule has 12 aromatic carbocycles. The lowest BCUT2D eigenvalue weighted by Gasteiger charge is -2.12. The van der Waals surface area contributed by atoms with Crippen LogP contribution in [0.5, 0.6) is 132 Å². The third kappa shape index (κ3) is 28.3. The molecule has 18 N–H and O–H groups in total. The predicted molar refractivity (Wildman–Crippen MR) is 438 cm³/mol. The number of aromatic hydroxyl groups is 18. The molecule has 0 bridgehead atoms. The average molecular weight is 1530 g/mol. The first-order valence-corrected chi connectivity index (χ1v) is 33.9. The molecule has 0 amide bonds. The van der Waals surface area contributed by atoms with Gasteiger partial charge in [0.05, 0.1) is 35.5 Å². The first kappa shape index (κ1) is 84.7. The van der Waals surface area contributed by atoms with Gasteiger partial charge < -0.3 is 116 Å². The lowest BCUT2D eigenvalue weighted by molar-refractivity contribution is 0.324. The molecule has 23 nitrogen and oxygen atoms in total. The maximum atomic E-state index is 9.47. The highest BCUT2D eigenvalue weighted by Gasteiger charge is 2.13. The van der Waals surface area contributed by atoms with Crippen LogP contribution in [0.25, 0.3) is 72.9 Å². The second kappa shape index (κ2) is 41.6. The first-order chi connectivity index (χ1) is 53.9. The Morgan fingerprint density at radius 3 is 0.699 bits per heavy atom. The van der Waals surface area contributed by atoms with Crippen LogP contribution < -0.4 is 23.7 Å². The van der Waals surface area contributed by atoms with Crippen molar-refractivity contribution < 1.29 is 116 Å². The Labute approximate surface area is 650 Å². The van der Waals surface area contributed by atoms with Gasteiger partial charge in [-0.05, 0) is 207 Å². The van der Waals surface area contributed by atoms with Gasteiger partial charge in [-0.2, -0.15) is 0 Å². The molecule has 0 saturated carbocycles. The number of methoxy groups -OCH3 is 5. The Kier molecular flexibility index (Phi) is 31.2. The van der Waals surface area contributed by atoms with Crippen molar-refractivity contribution in [3.8, 4) is 132 Å². The summed E-state index contributed by atoms with van der Waals surface area (Å²) < 4.78 is 26.2. The fourth-order valence-corrected chi connectivity index (χ4v) is 10.2. The zero-order valence-electron chi connectivity index (χ0n) is 61.8. The van der Waals surface area contributed by atoms with Gasteiger partial charge in [0.1, 0.15) is 74.7 Å². The van der Waals surface area contributed by atoms with Crippen LogP contribution in [0.15, 0.2) is 218 Å². The van der Waals surface area contributed by atoms with E-state index >= 15 is 0 Å². The summed E-state index contributed by atoms with van der Waals surface area (Å²) in [6, 6.07) is 57.0. The SMILES string of the molecule is COc1cc(/C=C/c2cc(O)cc(O)c2)cc(OC)c1OC.COc1ccc(/C=C/c2cc(O)cc(O)c2)cc1OC.Cc1ccc(/C=C/c2cc(O)cc(O)c2)cc1.Oc1cc(O)cc(/C=C/c2cc(O)c(O)c(O)c2)c1.Oc1cc(O)cc(/C=C/c2ccc(O)c(O)c2)c1.Oc1ccc(/C=C/c2cc(O)cc(O)c2)cc1. The van der Waals surface area contributed by atoms with Gasteiger partial charge in [-0.25, -0.2) is 0 Å². The minimum Gasteiger partial charge on any atom is -0.508 e. The number of ether oxygens (including phenoxy) is 5. The second-order valence-electron chi connectivity index (χ2n) is 24.4. The summed E-state index contributed by atoms with van der Waals surface area (Å²) in [5, 5.41) is 168. The summed E-state index contributed by atoms with van der Waals surface area (Å²) in [7, 11) is 7.82. The highest BCUT2D eigenvalue weighted by atomic mass is 16.5. The average Bonchev–Trinajstić information content (AvgIpc) is 0.826. The molecule has 582 valence electrons. The summed E-state index contributed by atoms with van der Waals surface area (Å²) in [5.41, 5.74) is 10.1. The zero-order valence-corrected chi connectivity index (χ0v) is 61.8. The number of aryl methyl sites for hydroxylation is 1. The van der Waals surface area contributed by atoms with Gasteiger partial charge in [-0.15, -0.1) is 0 Å². The maximum absolute atomic E-state index is 9.47. The standard InChI is InChI=1S/C17H18O5.C16H16O4.C15H14O2.C14H12O5.C14H12O4.C14H12O3/c1-20-15-8-12(9-16(21-2)17(15)22-3)5-4-11-6-13(18)10-14(19)7-11;1-19-15-6-5-11(9-16(15)20-2)3-4-12-7-13(17)10-14(18)8-12;1-11-2-4-12(5-3-11)6-7-13-8-14(16)10-15(17)9-13;15-10-3-8(4-11(16)7-10)1-2-9-5-12(17)14(19)13(18)6-9;15-11-5-10(6-12(16)8-11)2-1-9-3-4-13(17)14(18)7-9;15-12-5-3-10(4-6-12)1-2-11-7-13(16)9-14(17)8-11/h4-10,18-19H,1-3H3;3-10,17-18H,1-2H3;2-10,16-17H,1H3;1-7,15-19H;1-8,15-18H;1-9,15-17H/b5-4+;4-3+;7-6+;3*2-1+. The smallest absolute Gasteiger partial charge is 0.203 e. The van der Waals surface area contributed by atoms with Crippen molar-refractivity contribution in [2.45, 2.75) is 6.92 Å². The molecule has 0 saturated heterocycles. The number of phenols is 18. The summed E-state index contributed by atoms with van der Waals surface area (Å²) in [6.45, 7) is 2.04. The van der Waals surface area contributed by atoms with Crippen molar-refractivity contribution >= 4 is 72.9 Å². The van der Waals surface area contributed by atoms with Crippen LogP contribution in [-0.4, -0.2) is 127 Å². The summed E-state index contributed by atoms with van der Waals surface area (Å²) >= 11 is 0. The molecule has 113 heavy (non-hydrogen) atoms. The van der Waals surface area contributed by atoms with E-state index in [2.05, 4.69) is 0 Å². The van der Waals surface area contributed by atoms with E-state index in [1.165, 1.54) is 90.5 Å². The minimum absolute atomic E-state index is 0.00421. The topological polar surface area (TPSA) is 410 Å². The molecular weight excluding hydrogens is 1450 g/mol. The fourth-order valence-electron chi connectivity index (χ4n) is 10.2. The summed E-state index contributed by atoms with van der Waals surface area (Å²) in [6.07, 6.45) is 21.1. The van der Waals surface area contributed by atoms with Crippen LogP contribution >= 0.6 is 0 Å². The van der Waals surface area contributed by atoms with Gasteiger partial charge in [0.2, 0.25) is 5.75 Å². The molecule has 0 atom stereocenters. The lowest BCUT2D eigenvalue weighted by Crippen LogP contribution is -1.95. The van der Waals surface area contributed by atoms with E-state index in [0.29, 0.717) is 67.7 Å². The third-order valence-electron chi connectivity index (χ3n) is 15.5. The molecule has 0 spiro atoms. The van der Waals surface area contributed by atoms with Crippen molar-refractivity contribution in [3.63, 3.8) is 0 Å².